The molecule has 5 nitrogen and oxygen atoms in total. The van der Waals surface area contributed by atoms with Gasteiger partial charge in [0, 0.05) is 24.5 Å². The van der Waals surface area contributed by atoms with Crippen molar-refractivity contribution in [2.75, 3.05) is 19.6 Å². The molecule has 0 spiro atoms. The van der Waals surface area contributed by atoms with E-state index in [-0.39, 0.29) is 29.3 Å². The molecule has 2 aliphatic heterocycles. The molecule has 0 saturated carbocycles. The Morgan fingerprint density at radius 2 is 1.82 bits per heavy atom. The first-order valence-corrected chi connectivity index (χ1v) is 11.9. The summed E-state index contributed by atoms with van der Waals surface area (Å²) in [6.45, 7) is 1.30. The van der Waals surface area contributed by atoms with Gasteiger partial charge in [0.1, 0.15) is 5.82 Å². The zero-order valence-corrected chi connectivity index (χ0v) is 17.1. The van der Waals surface area contributed by atoms with E-state index in [1.807, 2.05) is 16.3 Å². The molecule has 2 fully saturated rings. The van der Waals surface area contributed by atoms with E-state index in [0.29, 0.717) is 19.4 Å². The summed E-state index contributed by atoms with van der Waals surface area (Å²) in [5.74, 6) is -0.751. The highest BCUT2D eigenvalue weighted by molar-refractivity contribution is 7.89. The number of hydrogen-bond acceptors (Lipinski definition) is 4. The largest absolute Gasteiger partial charge is 0.335 e. The fraction of sp³-hybridized carbons (Fsp3) is 0.450. The predicted molar refractivity (Wildman–Crippen MR) is 106 cm³/mol. The van der Waals surface area contributed by atoms with E-state index in [9.17, 15) is 17.6 Å². The standard InChI is InChI=1S/C20H23FN2O3S2/c21-16-7-9-17(10-8-16)28(25,26)22-11-1-4-15(14-22)20(24)23-12-2-5-18(23)19-6-3-13-27-19/h3,6-10,13,15,18H,1-2,4-5,11-12,14H2/t15-,18+/m0/s1. The number of amides is 1. The number of sulfonamides is 1. The smallest absolute Gasteiger partial charge is 0.243 e. The van der Waals surface area contributed by atoms with Gasteiger partial charge in [-0.1, -0.05) is 6.07 Å². The number of hydrogen-bond donors (Lipinski definition) is 0. The first-order valence-electron chi connectivity index (χ1n) is 9.56. The number of carbonyl (C=O) groups excluding carboxylic acids is 1. The summed E-state index contributed by atoms with van der Waals surface area (Å²) in [7, 11) is -3.73. The van der Waals surface area contributed by atoms with Crippen LogP contribution in [0.1, 0.15) is 36.6 Å². The molecule has 8 heteroatoms. The van der Waals surface area contributed by atoms with Crippen molar-refractivity contribution in [1.82, 2.24) is 9.21 Å². The van der Waals surface area contributed by atoms with Crippen molar-refractivity contribution < 1.29 is 17.6 Å². The van der Waals surface area contributed by atoms with E-state index in [1.165, 1.54) is 21.3 Å². The maximum Gasteiger partial charge on any atom is 0.243 e. The Hall–Kier alpha value is -1.77. The van der Waals surface area contributed by atoms with Crippen molar-refractivity contribution in [3.8, 4) is 0 Å². The lowest BCUT2D eigenvalue weighted by atomic mass is 9.97. The number of piperidine rings is 1. The summed E-state index contributed by atoms with van der Waals surface area (Å²) >= 11 is 1.66. The van der Waals surface area contributed by atoms with Crippen LogP contribution in [0.15, 0.2) is 46.7 Å². The van der Waals surface area contributed by atoms with Crippen LogP contribution in [0.3, 0.4) is 0 Å². The summed E-state index contributed by atoms with van der Waals surface area (Å²) in [6.07, 6.45) is 3.27. The SMILES string of the molecule is O=C([C@H]1CCCN(S(=O)(=O)c2ccc(F)cc2)C1)N1CCC[C@@H]1c1cccs1. The predicted octanol–water partition coefficient (Wildman–Crippen LogP) is 3.65. The molecule has 2 saturated heterocycles. The highest BCUT2D eigenvalue weighted by Crippen LogP contribution is 2.36. The molecule has 28 heavy (non-hydrogen) atoms. The molecule has 150 valence electrons. The zero-order chi connectivity index (χ0) is 19.7. The lowest BCUT2D eigenvalue weighted by Crippen LogP contribution is -2.46. The van der Waals surface area contributed by atoms with Crippen LogP contribution in [0.5, 0.6) is 0 Å². The van der Waals surface area contributed by atoms with Crippen molar-refractivity contribution >= 4 is 27.3 Å². The second-order valence-corrected chi connectivity index (χ2v) is 10.3. The van der Waals surface area contributed by atoms with Gasteiger partial charge in [-0.15, -0.1) is 11.3 Å². The lowest BCUT2D eigenvalue weighted by Gasteiger charge is -2.35. The molecule has 0 bridgehead atoms. The molecule has 4 rings (SSSR count). The van der Waals surface area contributed by atoms with Crippen molar-refractivity contribution in [3.63, 3.8) is 0 Å². The Morgan fingerprint density at radius 1 is 1.07 bits per heavy atom. The maximum atomic E-state index is 13.2. The Bertz CT molecular complexity index is 929. The van der Waals surface area contributed by atoms with Gasteiger partial charge in [0.15, 0.2) is 0 Å². The first-order chi connectivity index (χ1) is 13.5. The minimum Gasteiger partial charge on any atom is -0.335 e. The van der Waals surface area contributed by atoms with E-state index >= 15 is 0 Å². The number of halogens is 1. The maximum absolute atomic E-state index is 13.2. The third kappa shape index (κ3) is 3.73. The summed E-state index contributed by atoms with van der Waals surface area (Å²) in [5.41, 5.74) is 0. The fourth-order valence-corrected chi connectivity index (χ4v) is 6.56. The molecule has 0 unspecified atom stereocenters. The van der Waals surface area contributed by atoms with Crippen LogP contribution in [-0.4, -0.2) is 43.2 Å². The molecule has 1 aromatic heterocycles. The molecule has 0 N–H and O–H groups in total. The lowest BCUT2D eigenvalue weighted by molar-refractivity contribution is -0.137. The van der Waals surface area contributed by atoms with Gasteiger partial charge in [0.2, 0.25) is 15.9 Å². The highest BCUT2D eigenvalue weighted by atomic mass is 32.2. The Balaban J connectivity index is 1.50. The average Bonchev–Trinajstić information content (AvgIpc) is 3.39. The average molecular weight is 423 g/mol. The molecule has 2 atom stereocenters. The van der Waals surface area contributed by atoms with Gasteiger partial charge in [-0.3, -0.25) is 4.79 Å². The minimum absolute atomic E-state index is 0.0508. The van der Waals surface area contributed by atoms with E-state index in [4.69, 9.17) is 0 Å². The quantitative estimate of drug-likeness (QED) is 0.756. The summed E-state index contributed by atoms with van der Waals surface area (Å²) in [4.78, 5) is 16.4. The molecule has 1 aromatic carbocycles. The molecular weight excluding hydrogens is 399 g/mol. The molecule has 3 heterocycles. The van der Waals surface area contributed by atoms with Gasteiger partial charge >= 0.3 is 0 Å². The molecule has 2 aliphatic rings. The van der Waals surface area contributed by atoms with Crippen molar-refractivity contribution in [2.45, 2.75) is 36.6 Å². The Morgan fingerprint density at radius 3 is 2.54 bits per heavy atom. The number of carbonyl (C=O) groups is 1. The monoisotopic (exact) mass is 422 g/mol. The third-order valence-electron chi connectivity index (χ3n) is 5.59. The van der Waals surface area contributed by atoms with Crippen molar-refractivity contribution in [2.24, 2.45) is 5.92 Å². The number of benzene rings is 1. The van der Waals surface area contributed by atoms with Crippen LogP contribution in [0.4, 0.5) is 4.39 Å². The summed E-state index contributed by atoms with van der Waals surface area (Å²) in [5, 5.41) is 2.02. The molecule has 0 radical (unpaired) electrons. The van der Waals surface area contributed by atoms with Crippen LogP contribution < -0.4 is 0 Å². The van der Waals surface area contributed by atoms with Crippen LogP contribution in [0, 0.1) is 11.7 Å². The van der Waals surface area contributed by atoms with Crippen LogP contribution in [0.25, 0.3) is 0 Å². The third-order valence-corrected chi connectivity index (χ3v) is 8.45. The van der Waals surface area contributed by atoms with Crippen LogP contribution in [0.2, 0.25) is 0 Å². The first kappa shape index (κ1) is 19.5. The Kier molecular flexibility index (Phi) is 5.53. The molecule has 0 aliphatic carbocycles. The van der Waals surface area contributed by atoms with Gasteiger partial charge in [-0.2, -0.15) is 4.31 Å². The highest BCUT2D eigenvalue weighted by Gasteiger charge is 2.38. The topological polar surface area (TPSA) is 57.7 Å². The number of likely N-dealkylation sites (tertiary alicyclic amines) is 1. The second-order valence-electron chi connectivity index (χ2n) is 7.36. The normalized spacial score (nSPS) is 23.8. The number of nitrogens with zero attached hydrogens (tertiary/aromatic N) is 2. The van der Waals surface area contributed by atoms with Crippen LogP contribution in [-0.2, 0) is 14.8 Å². The number of thiophene rings is 1. The van der Waals surface area contributed by atoms with E-state index < -0.39 is 15.8 Å². The van der Waals surface area contributed by atoms with Gasteiger partial charge < -0.3 is 4.90 Å². The van der Waals surface area contributed by atoms with Gasteiger partial charge in [0.05, 0.1) is 16.9 Å². The molecule has 2 aromatic rings. The molecule has 1 amide bonds. The van der Waals surface area contributed by atoms with E-state index in [1.54, 1.807) is 11.3 Å². The molecular formula is C20H23FN2O3S2. The van der Waals surface area contributed by atoms with Gasteiger partial charge in [0.25, 0.3) is 0 Å². The zero-order valence-electron chi connectivity index (χ0n) is 15.5. The fourth-order valence-electron chi connectivity index (χ4n) is 4.16. The summed E-state index contributed by atoms with van der Waals surface area (Å²) in [6, 6.07) is 9.03. The van der Waals surface area contributed by atoms with Crippen LogP contribution >= 0.6 is 11.3 Å². The minimum atomic E-state index is -3.73. The summed E-state index contributed by atoms with van der Waals surface area (Å²) < 4.78 is 40.4. The number of rotatable bonds is 4. The van der Waals surface area contributed by atoms with Crippen molar-refractivity contribution in [1.29, 1.82) is 0 Å². The Labute approximate surface area is 168 Å². The van der Waals surface area contributed by atoms with E-state index in [2.05, 4.69) is 6.07 Å². The van der Waals surface area contributed by atoms with Crippen molar-refractivity contribution in [3.05, 3.63) is 52.5 Å². The second kappa shape index (κ2) is 7.93. The van der Waals surface area contributed by atoms with Gasteiger partial charge in [-0.05, 0) is 61.4 Å². The van der Waals surface area contributed by atoms with Gasteiger partial charge in [-0.25, -0.2) is 12.8 Å². The van der Waals surface area contributed by atoms with E-state index in [0.717, 1.165) is 31.5 Å².